The Morgan fingerprint density at radius 2 is 1.71 bits per heavy atom. The number of hydrogen-bond acceptors (Lipinski definition) is 2. The van der Waals surface area contributed by atoms with Crippen LogP contribution in [0.4, 0.5) is 5.69 Å². The zero-order chi connectivity index (χ0) is 11.5. The Labute approximate surface area is 101 Å². The number of hydrogen-bond donors (Lipinski definition) is 1. The molecule has 3 rings (SSSR count). The van der Waals surface area contributed by atoms with Gasteiger partial charge in [-0.1, -0.05) is 42.5 Å². The van der Waals surface area contributed by atoms with Crippen LogP contribution >= 0.6 is 0 Å². The fourth-order valence-electron chi connectivity index (χ4n) is 2.20. The first-order chi connectivity index (χ1) is 8.43. The Bertz CT molecular complexity index is 495. The van der Waals surface area contributed by atoms with E-state index in [4.69, 9.17) is 4.74 Å². The standard InChI is InChI=1S/C15H15NO/c1-2-7-13(8-3-1)16-15-14-9-5-4-6-12(14)10-11-17-15/h1-9,15-16H,10-11H2. The molecule has 1 aliphatic heterocycles. The number of rotatable bonds is 2. The van der Waals surface area contributed by atoms with Crippen molar-refractivity contribution in [2.24, 2.45) is 0 Å². The minimum absolute atomic E-state index is 0.0256. The molecule has 0 aromatic heterocycles. The summed E-state index contributed by atoms with van der Waals surface area (Å²) in [5, 5.41) is 3.41. The molecule has 1 aliphatic rings. The number of ether oxygens (including phenoxy) is 1. The van der Waals surface area contributed by atoms with E-state index in [1.54, 1.807) is 0 Å². The first kappa shape index (κ1) is 10.4. The maximum Gasteiger partial charge on any atom is 0.154 e. The van der Waals surface area contributed by atoms with Crippen LogP contribution in [0.15, 0.2) is 54.6 Å². The van der Waals surface area contributed by atoms with Gasteiger partial charge in [-0.05, 0) is 24.1 Å². The summed E-state index contributed by atoms with van der Waals surface area (Å²) in [4.78, 5) is 0. The molecule has 1 N–H and O–H groups in total. The molecule has 0 bridgehead atoms. The topological polar surface area (TPSA) is 21.3 Å². The number of nitrogens with one attached hydrogen (secondary N) is 1. The highest BCUT2D eigenvalue weighted by molar-refractivity contribution is 5.45. The van der Waals surface area contributed by atoms with E-state index in [0.717, 1.165) is 18.7 Å². The fraction of sp³-hybridized carbons (Fsp3) is 0.200. The highest BCUT2D eigenvalue weighted by Gasteiger charge is 2.19. The third kappa shape index (κ3) is 2.17. The van der Waals surface area contributed by atoms with Crippen LogP contribution in [0.1, 0.15) is 17.4 Å². The molecule has 0 saturated heterocycles. The van der Waals surface area contributed by atoms with Crippen molar-refractivity contribution in [2.75, 3.05) is 11.9 Å². The summed E-state index contributed by atoms with van der Waals surface area (Å²) in [5.74, 6) is 0. The summed E-state index contributed by atoms with van der Waals surface area (Å²) in [6.45, 7) is 0.779. The predicted molar refractivity (Wildman–Crippen MR) is 68.9 cm³/mol. The Morgan fingerprint density at radius 1 is 0.941 bits per heavy atom. The minimum atomic E-state index is -0.0256. The molecule has 2 aromatic rings. The smallest absolute Gasteiger partial charge is 0.154 e. The van der Waals surface area contributed by atoms with Gasteiger partial charge in [0.05, 0.1) is 6.61 Å². The van der Waals surface area contributed by atoms with Gasteiger partial charge in [0, 0.05) is 11.3 Å². The van der Waals surface area contributed by atoms with E-state index in [-0.39, 0.29) is 6.23 Å². The van der Waals surface area contributed by atoms with Gasteiger partial charge in [-0.2, -0.15) is 0 Å². The van der Waals surface area contributed by atoms with Crippen molar-refractivity contribution in [1.82, 2.24) is 0 Å². The zero-order valence-electron chi connectivity index (χ0n) is 9.60. The van der Waals surface area contributed by atoms with Gasteiger partial charge in [0.15, 0.2) is 6.23 Å². The third-order valence-electron chi connectivity index (χ3n) is 3.07. The van der Waals surface area contributed by atoms with Crippen LogP contribution in [0, 0.1) is 0 Å². The number of anilines is 1. The van der Waals surface area contributed by atoms with Crippen LogP contribution in [0.25, 0.3) is 0 Å². The summed E-state index contributed by atoms with van der Waals surface area (Å²) in [7, 11) is 0. The fourth-order valence-corrected chi connectivity index (χ4v) is 2.20. The lowest BCUT2D eigenvalue weighted by Crippen LogP contribution is -2.22. The first-order valence-electron chi connectivity index (χ1n) is 5.94. The zero-order valence-corrected chi connectivity index (χ0v) is 9.60. The molecular formula is C15H15NO. The van der Waals surface area contributed by atoms with Gasteiger partial charge in [0.2, 0.25) is 0 Å². The maximum atomic E-state index is 5.80. The maximum absolute atomic E-state index is 5.80. The lowest BCUT2D eigenvalue weighted by atomic mass is 10.0. The molecule has 2 nitrogen and oxygen atoms in total. The second kappa shape index (κ2) is 4.60. The highest BCUT2D eigenvalue weighted by atomic mass is 16.5. The molecule has 86 valence electrons. The Balaban J connectivity index is 1.86. The lowest BCUT2D eigenvalue weighted by molar-refractivity contribution is 0.0618. The van der Waals surface area contributed by atoms with Gasteiger partial charge in [0.25, 0.3) is 0 Å². The molecule has 0 saturated carbocycles. The van der Waals surface area contributed by atoms with Crippen molar-refractivity contribution in [3.8, 4) is 0 Å². The SMILES string of the molecule is c1ccc(NC2OCCc3ccccc32)cc1. The van der Waals surface area contributed by atoms with E-state index in [9.17, 15) is 0 Å². The highest BCUT2D eigenvalue weighted by Crippen LogP contribution is 2.27. The lowest BCUT2D eigenvalue weighted by Gasteiger charge is -2.27. The van der Waals surface area contributed by atoms with Crippen molar-refractivity contribution in [3.63, 3.8) is 0 Å². The summed E-state index contributed by atoms with van der Waals surface area (Å²) >= 11 is 0. The second-order valence-electron chi connectivity index (χ2n) is 4.21. The van der Waals surface area contributed by atoms with Crippen molar-refractivity contribution in [3.05, 3.63) is 65.7 Å². The Kier molecular flexibility index (Phi) is 2.80. The molecule has 17 heavy (non-hydrogen) atoms. The molecular weight excluding hydrogens is 210 g/mol. The van der Waals surface area contributed by atoms with Gasteiger partial charge in [-0.25, -0.2) is 0 Å². The number of para-hydroxylation sites is 1. The molecule has 0 amide bonds. The molecule has 2 aromatic carbocycles. The Morgan fingerprint density at radius 3 is 2.59 bits per heavy atom. The summed E-state index contributed by atoms with van der Waals surface area (Å²) < 4.78 is 5.80. The van der Waals surface area contributed by atoms with E-state index in [1.807, 2.05) is 18.2 Å². The minimum Gasteiger partial charge on any atom is -0.356 e. The summed E-state index contributed by atoms with van der Waals surface area (Å²) in [6, 6.07) is 18.6. The van der Waals surface area contributed by atoms with Crippen LogP contribution in [0.2, 0.25) is 0 Å². The normalized spacial score (nSPS) is 18.5. The van der Waals surface area contributed by atoms with Gasteiger partial charge in [-0.15, -0.1) is 0 Å². The second-order valence-corrected chi connectivity index (χ2v) is 4.21. The molecule has 0 radical (unpaired) electrons. The van der Waals surface area contributed by atoms with Gasteiger partial charge in [0.1, 0.15) is 0 Å². The molecule has 0 spiro atoms. The van der Waals surface area contributed by atoms with Crippen molar-refractivity contribution in [2.45, 2.75) is 12.6 Å². The largest absolute Gasteiger partial charge is 0.356 e. The quantitative estimate of drug-likeness (QED) is 0.846. The first-order valence-corrected chi connectivity index (χ1v) is 5.94. The monoisotopic (exact) mass is 225 g/mol. The van der Waals surface area contributed by atoms with E-state index in [1.165, 1.54) is 11.1 Å². The van der Waals surface area contributed by atoms with Gasteiger partial charge >= 0.3 is 0 Å². The number of fused-ring (bicyclic) bond motifs is 1. The van der Waals surface area contributed by atoms with Crippen LogP contribution in [-0.4, -0.2) is 6.61 Å². The van der Waals surface area contributed by atoms with Crippen molar-refractivity contribution >= 4 is 5.69 Å². The molecule has 1 heterocycles. The molecule has 1 atom stereocenters. The molecule has 0 fully saturated rings. The molecule has 0 aliphatic carbocycles. The number of benzene rings is 2. The summed E-state index contributed by atoms with van der Waals surface area (Å²) in [6.07, 6.45) is 0.978. The molecule has 1 unspecified atom stereocenters. The molecule has 2 heteroatoms. The Hall–Kier alpha value is -1.80. The van der Waals surface area contributed by atoms with Crippen LogP contribution in [0.3, 0.4) is 0 Å². The van der Waals surface area contributed by atoms with E-state index in [0.29, 0.717) is 0 Å². The predicted octanol–water partition coefficient (Wildman–Crippen LogP) is 3.37. The van der Waals surface area contributed by atoms with Crippen molar-refractivity contribution < 1.29 is 4.74 Å². The van der Waals surface area contributed by atoms with Crippen LogP contribution in [0.5, 0.6) is 0 Å². The average molecular weight is 225 g/mol. The van der Waals surface area contributed by atoms with Gasteiger partial charge in [-0.3, -0.25) is 0 Å². The van der Waals surface area contributed by atoms with Crippen LogP contribution in [-0.2, 0) is 11.2 Å². The van der Waals surface area contributed by atoms with E-state index >= 15 is 0 Å². The van der Waals surface area contributed by atoms with Crippen molar-refractivity contribution in [1.29, 1.82) is 0 Å². The third-order valence-corrected chi connectivity index (χ3v) is 3.07. The van der Waals surface area contributed by atoms with Crippen LogP contribution < -0.4 is 5.32 Å². The van der Waals surface area contributed by atoms with E-state index in [2.05, 4.69) is 41.7 Å². The average Bonchev–Trinajstić information content (AvgIpc) is 2.40. The summed E-state index contributed by atoms with van der Waals surface area (Å²) in [5.41, 5.74) is 3.73. The van der Waals surface area contributed by atoms with Gasteiger partial charge < -0.3 is 10.1 Å². The van der Waals surface area contributed by atoms with E-state index < -0.39 is 0 Å².